The monoisotopic (exact) mass is 359 g/mol. The van der Waals surface area contributed by atoms with Gasteiger partial charge in [0.25, 0.3) is 5.91 Å². The predicted octanol–water partition coefficient (Wildman–Crippen LogP) is 3.67. The molecule has 0 saturated heterocycles. The van der Waals surface area contributed by atoms with Crippen molar-refractivity contribution in [3.05, 3.63) is 50.6 Å². The normalized spacial score (nSPS) is 12.0. The number of aliphatic hydroxyl groups is 1. The van der Waals surface area contributed by atoms with Crippen molar-refractivity contribution in [1.29, 1.82) is 0 Å². The molecule has 1 amide bonds. The lowest BCUT2D eigenvalue weighted by atomic mass is 10.2. The van der Waals surface area contributed by atoms with E-state index < -0.39 is 6.10 Å². The lowest BCUT2D eigenvalue weighted by Gasteiger charge is -2.11. The Morgan fingerprint density at radius 1 is 1.36 bits per heavy atom. The fourth-order valence-electron chi connectivity index (χ4n) is 1.76. The summed E-state index contributed by atoms with van der Waals surface area (Å²) in [5.74, 6) is 0.129. The molecule has 118 valence electrons. The second-order valence-electron chi connectivity index (χ2n) is 4.53. The van der Waals surface area contributed by atoms with E-state index >= 15 is 0 Å². The van der Waals surface area contributed by atoms with Crippen LogP contribution in [0.5, 0.6) is 5.75 Å². The van der Waals surface area contributed by atoms with Gasteiger partial charge in [0.15, 0.2) is 6.61 Å². The van der Waals surface area contributed by atoms with Gasteiger partial charge in [-0.15, -0.1) is 11.3 Å². The molecular formula is C15H15Cl2NO3S. The van der Waals surface area contributed by atoms with Crippen LogP contribution >= 0.6 is 34.5 Å². The molecule has 2 N–H and O–H groups in total. The van der Waals surface area contributed by atoms with Crippen LogP contribution < -0.4 is 10.1 Å². The second kappa shape index (κ2) is 8.39. The molecule has 1 atom stereocenters. The number of carbonyl (C=O) groups excluding carboxylic acids is 1. The molecule has 0 fully saturated rings. The first-order valence-corrected chi connectivity index (χ1v) is 8.26. The largest absolute Gasteiger partial charge is 0.482 e. The Bertz CT molecular complexity index is 619. The maximum Gasteiger partial charge on any atom is 0.257 e. The standard InChI is InChI=1S/C15H15Cl2NO3S/c16-10-3-4-13(11(17)8-10)21-9-15(20)18-6-5-12(19)14-2-1-7-22-14/h1-4,7-8,12,19H,5-6,9H2,(H,18,20)/t12-/m1/s1. The maximum atomic E-state index is 11.7. The van der Waals surface area contributed by atoms with E-state index in [2.05, 4.69) is 5.32 Å². The molecule has 1 heterocycles. The lowest BCUT2D eigenvalue weighted by Crippen LogP contribution is -2.30. The van der Waals surface area contributed by atoms with Crippen LogP contribution in [0.15, 0.2) is 35.7 Å². The second-order valence-corrected chi connectivity index (χ2v) is 6.36. The molecule has 1 aromatic heterocycles. The van der Waals surface area contributed by atoms with Gasteiger partial charge in [0, 0.05) is 16.4 Å². The third kappa shape index (κ3) is 5.18. The SMILES string of the molecule is O=C(COc1ccc(Cl)cc1Cl)NCC[C@@H](O)c1cccs1. The zero-order valence-electron chi connectivity index (χ0n) is 11.6. The third-order valence-electron chi connectivity index (χ3n) is 2.86. The molecule has 0 spiro atoms. The topological polar surface area (TPSA) is 58.6 Å². The number of aliphatic hydroxyl groups excluding tert-OH is 1. The van der Waals surface area contributed by atoms with Crippen LogP contribution in [0.1, 0.15) is 17.4 Å². The van der Waals surface area contributed by atoms with Gasteiger partial charge in [-0.1, -0.05) is 29.3 Å². The minimum Gasteiger partial charge on any atom is -0.482 e. The van der Waals surface area contributed by atoms with Crippen molar-refractivity contribution in [2.45, 2.75) is 12.5 Å². The van der Waals surface area contributed by atoms with Gasteiger partial charge >= 0.3 is 0 Å². The van der Waals surface area contributed by atoms with Gasteiger partial charge in [-0.3, -0.25) is 4.79 Å². The molecule has 22 heavy (non-hydrogen) atoms. The third-order valence-corrected chi connectivity index (χ3v) is 4.37. The smallest absolute Gasteiger partial charge is 0.257 e. The van der Waals surface area contributed by atoms with E-state index in [-0.39, 0.29) is 12.5 Å². The summed E-state index contributed by atoms with van der Waals surface area (Å²) < 4.78 is 5.32. The molecule has 0 radical (unpaired) electrons. The van der Waals surface area contributed by atoms with Gasteiger partial charge in [-0.25, -0.2) is 0 Å². The number of halogens is 2. The summed E-state index contributed by atoms with van der Waals surface area (Å²) in [6, 6.07) is 8.54. The zero-order valence-corrected chi connectivity index (χ0v) is 13.9. The van der Waals surface area contributed by atoms with Crippen molar-refractivity contribution < 1.29 is 14.6 Å². The molecular weight excluding hydrogens is 345 g/mol. The number of hydrogen-bond acceptors (Lipinski definition) is 4. The lowest BCUT2D eigenvalue weighted by molar-refractivity contribution is -0.123. The summed E-state index contributed by atoms with van der Waals surface area (Å²) >= 11 is 13.2. The Kier molecular flexibility index (Phi) is 6.51. The summed E-state index contributed by atoms with van der Waals surface area (Å²) in [7, 11) is 0. The number of ether oxygens (including phenoxy) is 1. The predicted molar refractivity (Wildman–Crippen MR) is 88.9 cm³/mol. The van der Waals surface area contributed by atoms with Gasteiger partial charge in [0.1, 0.15) is 5.75 Å². The van der Waals surface area contributed by atoms with Crippen molar-refractivity contribution in [3.8, 4) is 5.75 Å². The first-order chi connectivity index (χ1) is 10.6. The average Bonchev–Trinajstić information content (AvgIpc) is 3.00. The Balaban J connectivity index is 1.70. The molecule has 0 bridgehead atoms. The molecule has 2 aromatic rings. The zero-order chi connectivity index (χ0) is 15.9. The number of hydrogen-bond donors (Lipinski definition) is 2. The van der Waals surface area contributed by atoms with Crippen molar-refractivity contribution in [2.24, 2.45) is 0 Å². The summed E-state index contributed by atoms with van der Waals surface area (Å²) in [5, 5.41) is 15.3. The van der Waals surface area contributed by atoms with Gasteiger partial charge in [-0.05, 0) is 36.1 Å². The van der Waals surface area contributed by atoms with E-state index in [0.717, 1.165) is 4.88 Å². The van der Waals surface area contributed by atoms with E-state index in [4.69, 9.17) is 27.9 Å². The average molecular weight is 360 g/mol. The molecule has 0 aliphatic rings. The molecule has 7 heteroatoms. The highest BCUT2D eigenvalue weighted by Crippen LogP contribution is 2.27. The highest BCUT2D eigenvalue weighted by molar-refractivity contribution is 7.10. The van der Waals surface area contributed by atoms with Crippen molar-refractivity contribution in [3.63, 3.8) is 0 Å². The van der Waals surface area contributed by atoms with Crippen LogP contribution in [-0.2, 0) is 4.79 Å². The highest BCUT2D eigenvalue weighted by atomic mass is 35.5. The minimum absolute atomic E-state index is 0.142. The fourth-order valence-corrected chi connectivity index (χ4v) is 2.97. The number of rotatable bonds is 7. The maximum absolute atomic E-state index is 11.7. The van der Waals surface area contributed by atoms with Crippen molar-refractivity contribution in [1.82, 2.24) is 5.32 Å². The Morgan fingerprint density at radius 3 is 2.86 bits per heavy atom. The number of thiophene rings is 1. The Morgan fingerprint density at radius 2 is 2.18 bits per heavy atom. The fraction of sp³-hybridized carbons (Fsp3) is 0.267. The molecule has 0 aliphatic carbocycles. The van der Waals surface area contributed by atoms with Crippen LogP contribution in [-0.4, -0.2) is 24.2 Å². The van der Waals surface area contributed by atoms with Gasteiger partial charge in [-0.2, -0.15) is 0 Å². The van der Waals surface area contributed by atoms with Gasteiger partial charge < -0.3 is 15.2 Å². The molecule has 2 rings (SSSR count). The molecule has 0 unspecified atom stereocenters. The highest BCUT2D eigenvalue weighted by Gasteiger charge is 2.10. The molecule has 4 nitrogen and oxygen atoms in total. The van der Waals surface area contributed by atoms with Crippen LogP contribution in [0.2, 0.25) is 10.0 Å². The molecule has 0 aliphatic heterocycles. The van der Waals surface area contributed by atoms with E-state index in [1.807, 2.05) is 17.5 Å². The summed E-state index contributed by atoms with van der Waals surface area (Å²) in [4.78, 5) is 12.6. The van der Waals surface area contributed by atoms with E-state index in [0.29, 0.717) is 28.8 Å². The van der Waals surface area contributed by atoms with E-state index in [1.165, 1.54) is 11.3 Å². The van der Waals surface area contributed by atoms with E-state index in [1.54, 1.807) is 18.2 Å². The molecule has 1 aromatic carbocycles. The minimum atomic E-state index is -0.563. The van der Waals surface area contributed by atoms with Crippen LogP contribution in [0.4, 0.5) is 0 Å². The van der Waals surface area contributed by atoms with Crippen molar-refractivity contribution in [2.75, 3.05) is 13.2 Å². The summed E-state index contributed by atoms with van der Waals surface area (Å²) in [6.45, 7) is 0.228. The van der Waals surface area contributed by atoms with Gasteiger partial charge in [0.05, 0.1) is 11.1 Å². The Hall–Kier alpha value is -1.27. The van der Waals surface area contributed by atoms with Crippen LogP contribution in [0.3, 0.4) is 0 Å². The Labute approximate surface area is 142 Å². The number of nitrogens with one attached hydrogen (secondary N) is 1. The first-order valence-electron chi connectivity index (χ1n) is 6.62. The first kappa shape index (κ1) is 17.1. The van der Waals surface area contributed by atoms with Crippen LogP contribution in [0.25, 0.3) is 0 Å². The van der Waals surface area contributed by atoms with E-state index in [9.17, 15) is 9.90 Å². The number of benzene rings is 1. The summed E-state index contributed by atoms with van der Waals surface area (Å²) in [5.41, 5.74) is 0. The number of carbonyl (C=O) groups is 1. The quantitative estimate of drug-likeness (QED) is 0.792. The summed E-state index contributed by atoms with van der Waals surface area (Å²) in [6.07, 6.45) is -0.111. The van der Waals surface area contributed by atoms with Crippen molar-refractivity contribution >= 4 is 40.4 Å². The van der Waals surface area contributed by atoms with Gasteiger partial charge in [0.2, 0.25) is 0 Å². The molecule has 0 saturated carbocycles. The number of amides is 1. The van der Waals surface area contributed by atoms with Crippen LogP contribution in [0, 0.1) is 0 Å².